The third-order valence-corrected chi connectivity index (χ3v) is 8.70. The summed E-state index contributed by atoms with van der Waals surface area (Å²) in [6.45, 7) is 0. The summed E-state index contributed by atoms with van der Waals surface area (Å²) in [7, 11) is 0. The fraction of sp³-hybridized carbons (Fsp3) is 0.0263. The molecule has 9 rings (SSSR count). The molecule has 3 heteroatoms. The number of nitrogens with zero attached hydrogens (tertiary/aromatic N) is 2. The second-order valence-corrected chi connectivity index (χ2v) is 10.7. The Labute approximate surface area is 238 Å². The molecule has 0 bridgehead atoms. The Morgan fingerprint density at radius 2 is 1.12 bits per heavy atom. The molecule has 1 aliphatic heterocycles. The molecule has 41 heavy (non-hydrogen) atoms. The van der Waals surface area contributed by atoms with Gasteiger partial charge in [-0.15, -0.1) is 0 Å². The number of aromatic nitrogens is 1. The highest BCUT2D eigenvalue weighted by molar-refractivity contribution is 5.96. The molecule has 192 valence electrons. The smallest absolute Gasteiger partial charge is 0.227 e. The van der Waals surface area contributed by atoms with Gasteiger partial charge in [0.1, 0.15) is 5.52 Å². The number of anilines is 3. The van der Waals surface area contributed by atoms with Crippen molar-refractivity contribution in [3.63, 3.8) is 0 Å². The van der Waals surface area contributed by atoms with Crippen molar-refractivity contribution in [3.8, 4) is 22.6 Å². The van der Waals surface area contributed by atoms with Crippen LogP contribution in [0, 0.1) is 0 Å². The molecular formula is C38H24N2O. The van der Waals surface area contributed by atoms with E-state index in [0.717, 1.165) is 22.4 Å². The van der Waals surface area contributed by atoms with Gasteiger partial charge in [0.05, 0.1) is 16.8 Å². The molecule has 1 aromatic heterocycles. The topological polar surface area (TPSA) is 29.3 Å². The van der Waals surface area contributed by atoms with Crippen molar-refractivity contribution in [2.45, 2.75) is 5.41 Å². The molecule has 2 heterocycles. The summed E-state index contributed by atoms with van der Waals surface area (Å²) in [6.07, 6.45) is 0. The minimum atomic E-state index is -0.454. The van der Waals surface area contributed by atoms with E-state index < -0.39 is 5.41 Å². The summed E-state index contributed by atoms with van der Waals surface area (Å²) in [6, 6.07) is 52.0. The second-order valence-electron chi connectivity index (χ2n) is 10.7. The third kappa shape index (κ3) is 2.95. The molecule has 2 aliphatic rings. The number of fused-ring (bicyclic) bond motifs is 10. The van der Waals surface area contributed by atoms with Gasteiger partial charge in [0.2, 0.25) is 5.89 Å². The van der Waals surface area contributed by atoms with E-state index in [1.807, 2.05) is 24.3 Å². The van der Waals surface area contributed by atoms with Crippen molar-refractivity contribution in [1.82, 2.24) is 4.98 Å². The van der Waals surface area contributed by atoms with E-state index in [2.05, 4.69) is 126 Å². The van der Waals surface area contributed by atoms with Crippen molar-refractivity contribution in [1.29, 1.82) is 0 Å². The van der Waals surface area contributed by atoms with Crippen LogP contribution >= 0.6 is 0 Å². The number of hydrogen-bond acceptors (Lipinski definition) is 3. The highest BCUT2D eigenvalue weighted by Gasteiger charge is 2.51. The van der Waals surface area contributed by atoms with Gasteiger partial charge in [-0.2, -0.15) is 0 Å². The number of para-hydroxylation sites is 5. The normalized spacial score (nSPS) is 14.0. The lowest BCUT2D eigenvalue weighted by Gasteiger charge is -2.45. The Kier molecular flexibility index (Phi) is 4.53. The van der Waals surface area contributed by atoms with E-state index in [1.54, 1.807) is 0 Å². The minimum absolute atomic E-state index is 0.454. The predicted octanol–water partition coefficient (Wildman–Crippen LogP) is 9.64. The van der Waals surface area contributed by atoms with Gasteiger partial charge in [-0.05, 0) is 81.9 Å². The quantitative estimate of drug-likeness (QED) is 0.225. The van der Waals surface area contributed by atoms with E-state index in [0.29, 0.717) is 5.89 Å². The molecule has 1 aliphatic carbocycles. The molecule has 0 radical (unpaired) electrons. The Morgan fingerprint density at radius 1 is 0.512 bits per heavy atom. The zero-order valence-electron chi connectivity index (χ0n) is 22.2. The molecule has 0 unspecified atom stereocenters. The lowest BCUT2D eigenvalue weighted by atomic mass is 9.64. The van der Waals surface area contributed by atoms with Gasteiger partial charge >= 0.3 is 0 Å². The van der Waals surface area contributed by atoms with Crippen LogP contribution in [0.4, 0.5) is 17.1 Å². The number of oxazole rings is 1. The first-order valence-corrected chi connectivity index (χ1v) is 14.0. The Bertz CT molecular complexity index is 2040. The Hall–Kier alpha value is -5.41. The maximum Gasteiger partial charge on any atom is 0.227 e. The summed E-state index contributed by atoms with van der Waals surface area (Å²) < 4.78 is 6.20. The van der Waals surface area contributed by atoms with E-state index in [1.165, 1.54) is 44.8 Å². The first kappa shape index (κ1) is 22.4. The molecule has 0 saturated carbocycles. The summed E-state index contributed by atoms with van der Waals surface area (Å²) in [4.78, 5) is 7.22. The first-order valence-electron chi connectivity index (χ1n) is 14.0. The molecule has 6 aromatic carbocycles. The summed E-state index contributed by atoms with van der Waals surface area (Å²) in [5, 5.41) is 0. The summed E-state index contributed by atoms with van der Waals surface area (Å²) in [5.74, 6) is 0.645. The average Bonchev–Trinajstić information content (AvgIpc) is 3.60. The zero-order chi connectivity index (χ0) is 27.0. The molecule has 0 atom stereocenters. The molecule has 3 nitrogen and oxygen atoms in total. The third-order valence-electron chi connectivity index (χ3n) is 8.70. The molecule has 0 fully saturated rings. The van der Waals surface area contributed by atoms with Crippen molar-refractivity contribution in [2.75, 3.05) is 4.90 Å². The van der Waals surface area contributed by atoms with Gasteiger partial charge in [-0.3, -0.25) is 0 Å². The molecular weight excluding hydrogens is 500 g/mol. The van der Waals surface area contributed by atoms with Crippen molar-refractivity contribution in [2.24, 2.45) is 0 Å². The molecule has 7 aromatic rings. The van der Waals surface area contributed by atoms with E-state index in [9.17, 15) is 0 Å². The number of rotatable bonds is 2. The van der Waals surface area contributed by atoms with E-state index >= 15 is 0 Å². The van der Waals surface area contributed by atoms with Crippen molar-refractivity contribution >= 4 is 28.2 Å². The Balaban J connectivity index is 1.36. The van der Waals surface area contributed by atoms with Gasteiger partial charge in [0, 0.05) is 11.3 Å². The summed E-state index contributed by atoms with van der Waals surface area (Å²) in [5.41, 5.74) is 13.4. The summed E-state index contributed by atoms with van der Waals surface area (Å²) >= 11 is 0. The van der Waals surface area contributed by atoms with Crippen LogP contribution in [-0.2, 0) is 5.41 Å². The van der Waals surface area contributed by atoms with E-state index in [-0.39, 0.29) is 0 Å². The van der Waals surface area contributed by atoms with Crippen molar-refractivity contribution < 1.29 is 4.42 Å². The Morgan fingerprint density at radius 3 is 1.88 bits per heavy atom. The fourth-order valence-corrected chi connectivity index (χ4v) is 7.09. The molecule has 0 saturated heterocycles. The second kappa shape index (κ2) is 8.30. The molecule has 0 N–H and O–H groups in total. The molecule has 0 amide bonds. The van der Waals surface area contributed by atoms with Crippen molar-refractivity contribution in [3.05, 3.63) is 168 Å². The first-order chi connectivity index (χ1) is 20.3. The van der Waals surface area contributed by atoms with Crippen LogP contribution in [-0.4, -0.2) is 4.98 Å². The van der Waals surface area contributed by atoms with Crippen LogP contribution in [0.1, 0.15) is 22.3 Å². The highest BCUT2D eigenvalue weighted by atomic mass is 16.3. The SMILES string of the molecule is c1ccc(N2c3ccccc3C3(c4ccccc4-c4cc(-c5nc6ccccc6o5)ccc43)c3ccccc32)cc1. The monoisotopic (exact) mass is 524 g/mol. The maximum absolute atomic E-state index is 6.20. The van der Waals surface area contributed by atoms with Gasteiger partial charge in [-0.25, -0.2) is 4.98 Å². The predicted molar refractivity (Wildman–Crippen MR) is 165 cm³/mol. The zero-order valence-corrected chi connectivity index (χ0v) is 22.2. The van der Waals surface area contributed by atoms with E-state index in [4.69, 9.17) is 9.40 Å². The van der Waals surface area contributed by atoms with Crippen LogP contribution in [0.25, 0.3) is 33.7 Å². The lowest BCUT2D eigenvalue weighted by Crippen LogP contribution is -2.36. The lowest BCUT2D eigenvalue weighted by molar-refractivity contribution is 0.620. The van der Waals surface area contributed by atoms with Crippen LogP contribution in [0.2, 0.25) is 0 Å². The van der Waals surface area contributed by atoms with Gasteiger partial charge in [0.15, 0.2) is 5.58 Å². The van der Waals surface area contributed by atoms with Crippen LogP contribution in [0.15, 0.2) is 150 Å². The largest absolute Gasteiger partial charge is 0.436 e. The molecule has 1 spiro atoms. The van der Waals surface area contributed by atoms with Crippen LogP contribution < -0.4 is 4.90 Å². The average molecular weight is 525 g/mol. The number of hydrogen-bond donors (Lipinski definition) is 0. The van der Waals surface area contributed by atoms with Crippen LogP contribution in [0.5, 0.6) is 0 Å². The number of benzene rings is 6. The van der Waals surface area contributed by atoms with Crippen LogP contribution in [0.3, 0.4) is 0 Å². The van der Waals surface area contributed by atoms with Gasteiger partial charge in [0.25, 0.3) is 0 Å². The highest BCUT2D eigenvalue weighted by Crippen LogP contribution is 2.63. The van der Waals surface area contributed by atoms with Gasteiger partial charge in [-0.1, -0.05) is 97.1 Å². The van der Waals surface area contributed by atoms with Gasteiger partial charge < -0.3 is 9.32 Å². The standard InChI is InChI=1S/C38H24N2O/c1-2-12-26(13-3-1)40-34-19-9-6-16-31(34)38(32-17-7-10-20-35(32)40)29-15-5-4-14-27(29)28-24-25(22-23-30(28)38)37-39-33-18-8-11-21-36(33)41-37/h1-24H. The maximum atomic E-state index is 6.20. The minimum Gasteiger partial charge on any atom is -0.436 e. The fourth-order valence-electron chi connectivity index (χ4n) is 7.09.